The van der Waals surface area contributed by atoms with Gasteiger partial charge in [-0.15, -0.1) is 0 Å². The van der Waals surface area contributed by atoms with Gasteiger partial charge in [-0.25, -0.2) is 0 Å². The topological polar surface area (TPSA) is 66.7 Å². The molecule has 2 atom stereocenters. The highest BCUT2D eigenvalue weighted by atomic mass is 19.4. The van der Waals surface area contributed by atoms with Crippen molar-refractivity contribution >= 4 is 11.6 Å². The summed E-state index contributed by atoms with van der Waals surface area (Å²) in [4.78, 5) is 25.0. The summed E-state index contributed by atoms with van der Waals surface area (Å²) in [7, 11) is 1.64. The van der Waals surface area contributed by atoms with Crippen LogP contribution in [0, 0.1) is 10.1 Å². The lowest BCUT2D eigenvalue weighted by Crippen LogP contribution is -2.43. The predicted molar refractivity (Wildman–Crippen MR) is 80.3 cm³/mol. The van der Waals surface area contributed by atoms with Crippen LogP contribution in [-0.2, 0) is 4.79 Å². The second kappa shape index (κ2) is 6.76. The molecule has 1 fully saturated rings. The molecular formula is C15H18F3N3O3. The standard InChI is InChI=1S/C15H18F3N3O3/c1-10(11-4-3-5-12(8-11)21(23)24)19(2)13-6-7-20(14(13)22)9-15(16,17)18/h3-5,8,10,13H,6-7,9H2,1-2H3/t10-,13-/m0/s1. The second-order valence-electron chi connectivity index (χ2n) is 5.87. The van der Waals surface area contributed by atoms with Crippen LogP contribution in [0.5, 0.6) is 0 Å². The molecule has 9 heteroatoms. The molecule has 6 nitrogen and oxygen atoms in total. The molecule has 1 aromatic carbocycles. The van der Waals surface area contributed by atoms with E-state index in [1.54, 1.807) is 31.0 Å². The number of carbonyl (C=O) groups is 1. The zero-order valence-electron chi connectivity index (χ0n) is 13.3. The van der Waals surface area contributed by atoms with E-state index in [1.807, 2.05) is 0 Å². The molecule has 0 N–H and O–H groups in total. The van der Waals surface area contributed by atoms with Crippen LogP contribution in [0.1, 0.15) is 24.9 Å². The van der Waals surface area contributed by atoms with E-state index in [9.17, 15) is 28.1 Å². The van der Waals surface area contributed by atoms with Crippen LogP contribution in [0.2, 0.25) is 0 Å². The molecule has 0 bridgehead atoms. The van der Waals surface area contributed by atoms with Gasteiger partial charge in [-0.2, -0.15) is 13.2 Å². The van der Waals surface area contributed by atoms with Crippen molar-refractivity contribution in [3.63, 3.8) is 0 Å². The molecule has 0 aromatic heterocycles. The largest absolute Gasteiger partial charge is 0.406 e. The smallest absolute Gasteiger partial charge is 0.332 e. The third-order valence-corrected chi connectivity index (χ3v) is 4.31. The molecule has 1 aliphatic rings. The number of hydrogen-bond acceptors (Lipinski definition) is 4. The summed E-state index contributed by atoms with van der Waals surface area (Å²) in [5.41, 5.74) is 0.568. The number of halogens is 3. The van der Waals surface area contributed by atoms with Gasteiger partial charge in [0.1, 0.15) is 6.54 Å². The SMILES string of the molecule is C[C@@H](c1cccc([N+](=O)[O-])c1)N(C)[C@H]1CCN(CC(F)(F)F)C1=O. The lowest BCUT2D eigenvalue weighted by atomic mass is 10.0. The molecular weight excluding hydrogens is 327 g/mol. The number of likely N-dealkylation sites (N-methyl/N-ethyl adjacent to an activating group) is 1. The molecule has 1 heterocycles. The van der Waals surface area contributed by atoms with Crippen LogP contribution in [0.15, 0.2) is 24.3 Å². The Bertz CT molecular complexity index is 636. The summed E-state index contributed by atoms with van der Waals surface area (Å²) in [6, 6.07) is 5.01. The molecule has 0 saturated carbocycles. The Labute approximate surface area is 137 Å². The number of likely N-dealkylation sites (tertiary alicyclic amines) is 1. The van der Waals surface area contributed by atoms with Crippen molar-refractivity contribution in [1.29, 1.82) is 0 Å². The van der Waals surface area contributed by atoms with Crippen LogP contribution < -0.4 is 0 Å². The van der Waals surface area contributed by atoms with Crippen molar-refractivity contribution in [3.05, 3.63) is 39.9 Å². The first-order chi connectivity index (χ1) is 11.1. The fourth-order valence-corrected chi connectivity index (χ4v) is 2.88. The Hall–Kier alpha value is -2.16. The van der Waals surface area contributed by atoms with E-state index in [0.29, 0.717) is 12.0 Å². The van der Waals surface area contributed by atoms with Crippen molar-refractivity contribution in [2.75, 3.05) is 20.1 Å². The minimum absolute atomic E-state index is 0.0506. The molecule has 1 saturated heterocycles. The number of alkyl halides is 3. The Balaban J connectivity index is 2.11. The fourth-order valence-electron chi connectivity index (χ4n) is 2.88. The second-order valence-corrected chi connectivity index (χ2v) is 5.87. The van der Waals surface area contributed by atoms with E-state index >= 15 is 0 Å². The van der Waals surface area contributed by atoms with E-state index in [2.05, 4.69) is 0 Å². The number of carbonyl (C=O) groups excluding carboxylic acids is 1. The van der Waals surface area contributed by atoms with Gasteiger partial charge in [0.15, 0.2) is 0 Å². The molecule has 24 heavy (non-hydrogen) atoms. The Kier molecular flexibility index (Phi) is 5.12. The fraction of sp³-hybridized carbons (Fsp3) is 0.533. The van der Waals surface area contributed by atoms with E-state index in [0.717, 1.165) is 4.90 Å². The number of nitrogens with zero attached hydrogens (tertiary/aromatic N) is 3. The lowest BCUT2D eigenvalue weighted by molar-refractivity contribution is -0.384. The summed E-state index contributed by atoms with van der Waals surface area (Å²) in [5.74, 6) is -0.563. The summed E-state index contributed by atoms with van der Waals surface area (Å²) < 4.78 is 37.4. The van der Waals surface area contributed by atoms with Crippen molar-refractivity contribution in [2.45, 2.75) is 31.6 Å². The monoisotopic (exact) mass is 345 g/mol. The molecule has 1 aromatic rings. The summed E-state index contributed by atoms with van der Waals surface area (Å²) in [6.07, 6.45) is -4.13. The molecule has 1 aliphatic heterocycles. The average molecular weight is 345 g/mol. The van der Waals surface area contributed by atoms with Crippen molar-refractivity contribution in [1.82, 2.24) is 9.80 Å². The normalized spacial score (nSPS) is 19.8. The number of nitro groups is 1. The molecule has 0 spiro atoms. The molecule has 0 radical (unpaired) electrons. The van der Waals surface area contributed by atoms with Crippen LogP contribution in [0.4, 0.5) is 18.9 Å². The average Bonchev–Trinajstić information content (AvgIpc) is 2.85. The predicted octanol–water partition coefficient (Wildman–Crippen LogP) is 2.75. The van der Waals surface area contributed by atoms with Gasteiger partial charge in [-0.05, 0) is 26.0 Å². The molecule has 0 aliphatic carbocycles. The Morgan fingerprint density at radius 3 is 2.71 bits per heavy atom. The third-order valence-electron chi connectivity index (χ3n) is 4.31. The first-order valence-electron chi connectivity index (χ1n) is 7.42. The van der Waals surface area contributed by atoms with Gasteiger partial charge in [-0.3, -0.25) is 19.8 Å². The maximum absolute atomic E-state index is 12.5. The lowest BCUT2D eigenvalue weighted by Gasteiger charge is -2.30. The number of non-ortho nitro benzene ring substituents is 1. The highest BCUT2D eigenvalue weighted by Crippen LogP contribution is 2.29. The number of hydrogen-bond donors (Lipinski definition) is 0. The van der Waals surface area contributed by atoms with Gasteiger partial charge in [0.25, 0.3) is 5.69 Å². The van der Waals surface area contributed by atoms with Crippen molar-refractivity contribution < 1.29 is 22.9 Å². The summed E-state index contributed by atoms with van der Waals surface area (Å²) in [5, 5.41) is 10.9. The highest BCUT2D eigenvalue weighted by Gasteiger charge is 2.41. The molecule has 2 rings (SSSR count). The van der Waals surface area contributed by atoms with Crippen LogP contribution in [0.25, 0.3) is 0 Å². The van der Waals surface area contributed by atoms with Crippen LogP contribution in [0.3, 0.4) is 0 Å². The quantitative estimate of drug-likeness (QED) is 0.608. The maximum atomic E-state index is 12.5. The van der Waals surface area contributed by atoms with Gasteiger partial charge in [-0.1, -0.05) is 12.1 Å². The number of amides is 1. The van der Waals surface area contributed by atoms with Gasteiger partial charge in [0.05, 0.1) is 11.0 Å². The summed E-state index contributed by atoms with van der Waals surface area (Å²) >= 11 is 0. The van der Waals surface area contributed by atoms with E-state index in [1.165, 1.54) is 12.1 Å². The van der Waals surface area contributed by atoms with Crippen molar-refractivity contribution in [2.24, 2.45) is 0 Å². The molecule has 0 unspecified atom stereocenters. The van der Waals surface area contributed by atoms with Crippen molar-refractivity contribution in [3.8, 4) is 0 Å². The zero-order chi connectivity index (χ0) is 18.1. The number of benzene rings is 1. The zero-order valence-corrected chi connectivity index (χ0v) is 13.3. The van der Waals surface area contributed by atoms with Gasteiger partial charge in [0, 0.05) is 24.7 Å². The summed E-state index contributed by atoms with van der Waals surface area (Å²) in [6.45, 7) is 0.565. The van der Waals surface area contributed by atoms with Gasteiger partial charge in [0.2, 0.25) is 5.91 Å². The molecule has 132 valence electrons. The number of rotatable bonds is 5. The Morgan fingerprint density at radius 2 is 2.12 bits per heavy atom. The van der Waals surface area contributed by atoms with Crippen LogP contribution >= 0.6 is 0 Å². The van der Waals surface area contributed by atoms with Gasteiger partial charge < -0.3 is 4.90 Å². The van der Waals surface area contributed by atoms with E-state index in [-0.39, 0.29) is 18.3 Å². The molecule has 1 amide bonds. The first-order valence-corrected chi connectivity index (χ1v) is 7.42. The number of nitro benzene ring substituents is 1. The Morgan fingerprint density at radius 1 is 1.46 bits per heavy atom. The highest BCUT2D eigenvalue weighted by molar-refractivity contribution is 5.84. The van der Waals surface area contributed by atoms with E-state index < -0.39 is 29.6 Å². The first kappa shape index (κ1) is 18.2. The minimum Gasteiger partial charge on any atom is -0.332 e. The van der Waals surface area contributed by atoms with Crippen LogP contribution in [-0.4, -0.2) is 53.0 Å². The van der Waals surface area contributed by atoms with E-state index in [4.69, 9.17) is 0 Å². The third kappa shape index (κ3) is 4.02. The maximum Gasteiger partial charge on any atom is 0.406 e. The van der Waals surface area contributed by atoms with Gasteiger partial charge >= 0.3 is 6.18 Å². The minimum atomic E-state index is -4.42.